The van der Waals surface area contributed by atoms with Crippen molar-refractivity contribution in [2.45, 2.75) is 0 Å². The molecule has 122 valence electrons. The summed E-state index contributed by atoms with van der Waals surface area (Å²) in [5.41, 5.74) is 1.56. The summed E-state index contributed by atoms with van der Waals surface area (Å²) in [6, 6.07) is 9.58. The predicted molar refractivity (Wildman–Crippen MR) is 89.7 cm³/mol. The molecule has 0 aliphatic rings. The Hall–Kier alpha value is -2.93. The molecule has 0 saturated carbocycles. The van der Waals surface area contributed by atoms with Gasteiger partial charge in [-0.3, -0.25) is 10.1 Å². The van der Waals surface area contributed by atoms with Crippen LogP contribution in [0, 0.1) is 10.1 Å². The van der Waals surface area contributed by atoms with E-state index in [4.69, 9.17) is 21.1 Å². The van der Waals surface area contributed by atoms with E-state index in [2.05, 4.69) is 9.97 Å². The van der Waals surface area contributed by atoms with Gasteiger partial charge in [-0.25, -0.2) is 9.97 Å². The fourth-order valence-corrected chi connectivity index (χ4v) is 2.59. The smallest absolute Gasteiger partial charge is 0.270 e. The normalized spacial score (nSPS) is 10.6. The van der Waals surface area contributed by atoms with Gasteiger partial charge in [0.2, 0.25) is 5.28 Å². The predicted octanol–water partition coefficient (Wildman–Crippen LogP) is 3.88. The number of non-ortho nitro benzene ring substituents is 1. The van der Waals surface area contributed by atoms with Crippen LogP contribution < -0.4 is 9.47 Å². The van der Waals surface area contributed by atoms with Crippen LogP contribution in [-0.2, 0) is 0 Å². The Morgan fingerprint density at radius 3 is 2.46 bits per heavy atom. The average Bonchev–Trinajstić information content (AvgIpc) is 2.59. The Morgan fingerprint density at radius 1 is 1.08 bits per heavy atom. The highest BCUT2D eigenvalue weighted by molar-refractivity contribution is 6.28. The summed E-state index contributed by atoms with van der Waals surface area (Å²) in [4.78, 5) is 19.0. The molecule has 8 heteroatoms. The number of nitro benzene ring substituents is 1. The maximum atomic E-state index is 11.0. The first-order valence-corrected chi connectivity index (χ1v) is 7.25. The van der Waals surface area contributed by atoms with Crippen molar-refractivity contribution in [1.82, 2.24) is 9.97 Å². The third kappa shape index (κ3) is 2.81. The van der Waals surface area contributed by atoms with Gasteiger partial charge in [0.25, 0.3) is 5.69 Å². The van der Waals surface area contributed by atoms with Crippen LogP contribution in [0.5, 0.6) is 11.5 Å². The lowest BCUT2D eigenvalue weighted by Gasteiger charge is -2.11. The number of rotatable bonds is 4. The van der Waals surface area contributed by atoms with Crippen LogP contribution in [0.15, 0.2) is 36.4 Å². The average molecular weight is 346 g/mol. The first-order valence-electron chi connectivity index (χ1n) is 6.87. The third-order valence-electron chi connectivity index (χ3n) is 3.50. The number of hydrogen-bond acceptors (Lipinski definition) is 6. The van der Waals surface area contributed by atoms with E-state index in [-0.39, 0.29) is 11.0 Å². The van der Waals surface area contributed by atoms with E-state index in [1.165, 1.54) is 26.4 Å². The van der Waals surface area contributed by atoms with Crippen LogP contribution in [0.1, 0.15) is 0 Å². The molecule has 2 aromatic carbocycles. The zero-order valence-electron chi connectivity index (χ0n) is 12.8. The fraction of sp³-hybridized carbons (Fsp3) is 0.125. The number of methoxy groups -OCH3 is 2. The molecule has 0 spiro atoms. The van der Waals surface area contributed by atoms with Crippen molar-refractivity contribution in [2.75, 3.05) is 14.2 Å². The Balaban J connectivity index is 2.31. The van der Waals surface area contributed by atoms with Crippen molar-refractivity contribution in [3.05, 3.63) is 51.8 Å². The van der Waals surface area contributed by atoms with Crippen molar-refractivity contribution in [2.24, 2.45) is 0 Å². The minimum absolute atomic E-state index is 0.0316. The van der Waals surface area contributed by atoms with Crippen molar-refractivity contribution in [1.29, 1.82) is 0 Å². The molecule has 0 unspecified atom stereocenters. The molecular weight excluding hydrogens is 334 g/mol. The van der Waals surface area contributed by atoms with Crippen LogP contribution in [0.3, 0.4) is 0 Å². The van der Waals surface area contributed by atoms with Crippen LogP contribution in [0.25, 0.3) is 22.2 Å². The molecule has 24 heavy (non-hydrogen) atoms. The third-order valence-corrected chi connectivity index (χ3v) is 3.67. The largest absolute Gasteiger partial charge is 0.493 e. The monoisotopic (exact) mass is 345 g/mol. The quantitative estimate of drug-likeness (QED) is 0.405. The number of nitro groups is 1. The minimum Gasteiger partial charge on any atom is -0.493 e. The number of benzene rings is 2. The molecule has 1 aromatic heterocycles. The Morgan fingerprint density at radius 2 is 1.79 bits per heavy atom. The first kappa shape index (κ1) is 15.9. The minimum atomic E-state index is -0.460. The van der Waals surface area contributed by atoms with E-state index >= 15 is 0 Å². The molecule has 0 fully saturated rings. The second-order valence-corrected chi connectivity index (χ2v) is 5.21. The highest BCUT2D eigenvalue weighted by Gasteiger charge is 2.16. The molecule has 0 aliphatic heterocycles. The molecule has 3 rings (SSSR count). The van der Waals surface area contributed by atoms with Crippen molar-refractivity contribution in [3.8, 4) is 22.8 Å². The van der Waals surface area contributed by atoms with Gasteiger partial charge in [0.1, 0.15) is 0 Å². The van der Waals surface area contributed by atoms with Gasteiger partial charge in [0.15, 0.2) is 11.5 Å². The molecule has 0 radical (unpaired) electrons. The van der Waals surface area contributed by atoms with Gasteiger partial charge in [0.05, 0.1) is 30.4 Å². The van der Waals surface area contributed by atoms with Crippen molar-refractivity contribution in [3.63, 3.8) is 0 Å². The topological polar surface area (TPSA) is 87.4 Å². The summed E-state index contributed by atoms with van der Waals surface area (Å²) in [6.07, 6.45) is 0. The summed E-state index contributed by atoms with van der Waals surface area (Å²) in [7, 11) is 3.04. The second kappa shape index (κ2) is 6.29. The molecule has 0 bridgehead atoms. The Kier molecular flexibility index (Phi) is 4.18. The van der Waals surface area contributed by atoms with Crippen LogP contribution in [0.2, 0.25) is 5.28 Å². The summed E-state index contributed by atoms with van der Waals surface area (Å²) in [6.45, 7) is 0. The first-order chi connectivity index (χ1) is 11.5. The molecule has 3 aromatic rings. The number of aromatic nitrogens is 2. The summed E-state index contributed by atoms with van der Waals surface area (Å²) in [5.74, 6) is 1.01. The van der Waals surface area contributed by atoms with Crippen molar-refractivity contribution >= 4 is 28.2 Å². The Labute approximate surface area is 142 Å². The van der Waals surface area contributed by atoms with Gasteiger partial charge in [-0.05, 0) is 17.7 Å². The van der Waals surface area contributed by atoms with Gasteiger partial charge < -0.3 is 9.47 Å². The number of ether oxygens (including phenoxy) is 2. The molecule has 0 aliphatic carbocycles. The zero-order valence-corrected chi connectivity index (χ0v) is 13.6. The fourth-order valence-electron chi connectivity index (χ4n) is 2.41. The highest BCUT2D eigenvalue weighted by atomic mass is 35.5. The number of hydrogen-bond donors (Lipinski definition) is 0. The molecular formula is C16H12ClN3O4. The number of fused-ring (bicyclic) bond motifs is 1. The molecule has 0 saturated heterocycles. The molecule has 7 nitrogen and oxygen atoms in total. The molecule has 0 atom stereocenters. The van der Waals surface area contributed by atoms with Crippen LogP contribution in [0.4, 0.5) is 5.69 Å². The molecule has 0 amide bonds. The Bertz CT molecular complexity index is 946. The van der Waals surface area contributed by atoms with E-state index < -0.39 is 4.92 Å². The van der Waals surface area contributed by atoms with E-state index in [9.17, 15) is 10.1 Å². The van der Waals surface area contributed by atoms with E-state index in [1.807, 2.05) is 0 Å². The van der Waals surface area contributed by atoms with Crippen LogP contribution >= 0.6 is 11.6 Å². The van der Waals surface area contributed by atoms with E-state index in [0.29, 0.717) is 33.7 Å². The maximum absolute atomic E-state index is 11.0. The maximum Gasteiger partial charge on any atom is 0.270 e. The highest BCUT2D eigenvalue weighted by Crippen LogP contribution is 2.36. The second-order valence-electron chi connectivity index (χ2n) is 4.87. The van der Waals surface area contributed by atoms with Gasteiger partial charge in [-0.15, -0.1) is 0 Å². The van der Waals surface area contributed by atoms with Gasteiger partial charge in [-0.2, -0.15) is 0 Å². The number of halogens is 1. The SMILES string of the molecule is COc1cc2nc(Cl)nc(-c3cccc([N+](=O)[O-])c3)c2cc1OC. The lowest BCUT2D eigenvalue weighted by Crippen LogP contribution is -1.96. The van der Waals surface area contributed by atoms with Gasteiger partial charge >= 0.3 is 0 Å². The van der Waals surface area contributed by atoms with Crippen molar-refractivity contribution < 1.29 is 14.4 Å². The lowest BCUT2D eigenvalue weighted by molar-refractivity contribution is -0.384. The summed E-state index contributed by atoms with van der Waals surface area (Å²) in [5, 5.41) is 11.7. The van der Waals surface area contributed by atoms with E-state index in [0.717, 1.165) is 0 Å². The lowest BCUT2D eigenvalue weighted by atomic mass is 10.1. The molecule has 0 N–H and O–H groups in total. The number of nitrogens with zero attached hydrogens (tertiary/aromatic N) is 3. The van der Waals surface area contributed by atoms with Crippen LogP contribution in [-0.4, -0.2) is 29.1 Å². The zero-order chi connectivity index (χ0) is 17.3. The molecule has 1 heterocycles. The summed E-state index contributed by atoms with van der Waals surface area (Å²) < 4.78 is 10.6. The summed E-state index contributed by atoms with van der Waals surface area (Å²) >= 11 is 6.02. The van der Waals surface area contributed by atoms with Gasteiger partial charge in [-0.1, -0.05) is 12.1 Å². The standard InChI is InChI=1S/C16H12ClN3O4/c1-23-13-7-11-12(8-14(13)24-2)18-16(17)19-15(11)9-4-3-5-10(6-9)20(21)22/h3-8H,1-2H3. The van der Waals surface area contributed by atoms with E-state index in [1.54, 1.807) is 24.3 Å². The van der Waals surface area contributed by atoms with Gasteiger partial charge in [0, 0.05) is 29.1 Å².